The summed E-state index contributed by atoms with van der Waals surface area (Å²) in [6.45, 7) is 4.55. The first kappa shape index (κ1) is 17.0. The molecule has 1 saturated carbocycles. The Kier molecular flexibility index (Phi) is 3.47. The maximum Gasteiger partial charge on any atom is 0.350 e. The van der Waals surface area contributed by atoms with Crippen molar-refractivity contribution in [3.8, 4) is 5.75 Å². The summed E-state index contributed by atoms with van der Waals surface area (Å²) in [5, 5.41) is 4.93. The van der Waals surface area contributed by atoms with E-state index in [4.69, 9.17) is 4.74 Å². The van der Waals surface area contributed by atoms with E-state index in [2.05, 4.69) is 35.0 Å². The highest BCUT2D eigenvalue weighted by atomic mass is 16.5. The molecule has 2 N–H and O–H groups in total. The number of rotatable bonds is 3. The second-order valence-corrected chi connectivity index (χ2v) is 8.30. The van der Waals surface area contributed by atoms with E-state index >= 15 is 0 Å². The number of benzene rings is 1. The zero-order valence-electron chi connectivity index (χ0n) is 16.1. The van der Waals surface area contributed by atoms with Crippen LogP contribution < -0.4 is 16.0 Å². The summed E-state index contributed by atoms with van der Waals surface area (Å²) in [6, 6.07) is 5.46. The van der Waals surface area contributed by atoms with Gasteiger partial charge in [0.1, 0.15) is 11.3 Å². The second-order valence-electron chi connectivity index (χ2n) is 8.30. The Morgan fingerprint density at radius 3 is 2.79 bits per heavy atom. The Balaban J connectivity index is 1.63. The first-order chi connectivity index (χ1) is 13.4. The van der Waals surface area contributed by atoms with Crippen molar-refractivity contribution in [2.24, 2.45) is 22.4 Å². The third kappa shape index (κ3) is 2.19. The number of aromatic amines is 2. The molecule has 2 bridgehead atoms. The van der Waals surface area contributed by atoms with Gasteiger partial charge in [-0.1, -0.05) is 26.0 Å². The molecule has 3 aliphatic rings. The first-order valence-corrected chi connectivity index (χ1v) is 9.50. The van der Waals surface area contributed by atoms with Crippen molar-refractivity contribution in [2.75, 3.05) is 7.11 Å². The van der Waals surface area contributed by atoms with Gasteiger partial charge in [0.15, 0.2) is 0 Å². The summed E-state index contributed by atoms with van der Waals surface area (Å²) in [5.74, 6) is 1.75. The molecule has 0 radical (unpaired) electrons. The Morgan fingerprint density at radius 1 is 1.25 bits per heavy atom. The SMILES string of the molecule is COc1cccc2[nH]c3c(=O)n(/N=C\C4=CC[C@@H]5C[C@H]4C5(C)C)c(=O)[nH]c3c12. The molecule has 7 nitrogen and oxygen atoms in total. The number of allylic oxidation sites excluding steroid dienone is 2. The van der Waals surface area contributed by atoms with Crippen molar-refractivity contribution in [1.29, 1.82) is 0 Å². The fourth-order valence-electron chi connectivity index (χ4n) is 4.80. The maximum absolute atomic E-state index is 12.9. The van der Waals surface area contributed by atoms with E-state index in [0.29, 0.717) is 28.1 Å². The molecule has 0 saturated heterocycles. The molecule has 3 aromatic rings. The lowest BCUT2D eigenvalue weighted by molar-refractivity contribution is -0.00127. The van der Waals surface area contributed by atoms with Crippen LogP contribution in [0, 0.1) is 17.3 Å². The van der Waals surface area contributed by atoms with Crippen LogP contribution in [-0.2, 0) is 0 Å². The van der Waals surface area contributed by atoms with Crippen molar-refractivity contribution in [3.63, 3.8) is 0 Å². The van der Waals surface area contributed by atoms with Crippen molar-refractivity contribution < 1.29 is 4.74 Å². The van der Waals surface area contributed by atoms with E-state index in [1.807, 2.05) is 12.1 Å². The van der Waals surface area contributed by atoms with Crippen molar-refractivity contribution in [2.45, 2.75) is 26.7 Å². The average molecular weight is 378 g/mol. The van der Waals surface area contributed by atoms with Crippen LogP contribution >= 0.6 is 0 Å². The Morgan fingerprint density at radius 2 is 2.07 bits per heavy atom. The number of H-pyrrole nitrogens is 2. The molecule has 2 aromatic heterocycles. The summed E-state index contributed by atoms with van der Waals surface area (Å²) >= 11 is 0. The molecule has 1 fully saturated rings. The van der Waals surface area contributed by atoms with Gasteiger partial charge >= 0.3 is 11.2 Å². The Hall–Kier alpha value is -3.09. The maximum atomic E-state index is 12.9. The minimum atomic E-state index is -0.567. The fourth-order valence-corrected chi connectivity index (χ4v) is 4.80. The number of methoxy groups -OCH3 is 1. The topological polar surface area (TPSA) is 92.2 Å². The smallest absolute Gasteiger partial charge is 0.350 e. The number of fused-ring (bicyclic) bond motifs is 4. The molecule has 2 heterocycles. The molecule has 2 atom stereocenters. The van der Waals surface area contributed by atoms with Gasteiger partial charge in [-0.05, 0) is 47.8 Å². The van der Waals surface area contributed by atoms with Gasteiger partial charge < -0.3 is 14.7 Å². The number of hydrogen-bond donors (Lipinski definition) is 2. The molecule has 144 valence electrons. The van der Waals surface area contributed by atoms with Gasteiger partial charge in [-0.25, -0.2) is 4.79 Å². The lowest BCUT2D eigenvalue weighted by atomic mass is 9.49. The van der Waals surface area contributed by atoms with Gasteiger partial charge in [0.05, 0.1) is 29.7 Å². The number of hydrogen-bond acceptors (Lipinski definition) is 4. The van der Waals surface area contributed by atoms with Crippen LogP contribution in [0.5, 0.6) is 5.75 Å². The molecule has 0 spiro atoms. The molecule has 3 aliphatic carbocycles. The highest BCUT2D eigenvalue weighted by Gasteiger charge is 2.50. The van der Waals surface area contributed by atoms with Crippen LogP contribution in [0.2, 0.25) is 0 Å². The molecule has 7 heteroatoms. The molecule has 6 rings (SSSR count). The first-order valence-electron chi connectivity index (χ1n) is 9.50. The summed E-state index contributed by atoms with van der Waals surface area (Å²) in [4.78, 5) is 31.4. The van der Waals surface area contributed by atoms with Crippen molar-refractivity contribution in [3.05, 3.63) is 50.7 Å². The van der Waals surface area contributed by atoms with Gasteiger partial charge in [-0.15, -0.1) is 4.68 Å². The third-order valence-electron chi connectivity index (χ3n) is 6.67. The molecule has 0 unspecified atom stereocenters. The van der Waals surface area contributed by atoms with Gasteiger partial charge in [0.2, 0.25) is 0 Å². The van der Waals surface area contributed by atoms with Gasteiger partial charge in [0, 0.05) is 0 Å². The van der Waals surface area contributed by atoms with Crippen molar-refractivity contribution >= 4 is 28.2 Å². The second kappa shape index (κ2) is 5.70. The van der Waals surface area contributed by atoms with Crippen LogP contribution in [0.1, 0.15) is 26.7 Å². The van der Waals surface area contributed by atoms with Gasteiger partial charge in [-0.3, -0.25) is 4.79 Å². The van der Waals surface area contributed by atoms with E-state index in [-0.39, 0.29) is 5.41 Å². The van der Waals surface area contributed by atoms with Gasteiger partial charge in [-0.2, -0.15) is 5.10 Å². The fraction of sp³-hybridized carbons (Fsp3) is 0.381. The molecule has 0 aliphatic heterocycles. The molecule has 0 amide bonds. The zero-order valence-corrected chi connectivity index (χ0v) is 16.1. The van der Waals surface area contributed by atoms with Crippen molar-refractivity contribution in [1.82, 2.24) is 14.6 Å². The summed E-state index contributed by atoms with van der Waals surface area (Å²) in [7, 11) is 1.56. The minimum Gasteiger partial charge on any atom is -0.496 e. The zero-order chi connectivity index (χ0) is 19.6. The lowest BCUT2D eigenvalue weighted by Gasteiger charge is -2.55. The van der Waals surface area contributed by atoms with E-state index in [1.54, 1.807) is 19.4 Å². The van der Waals surface area contributed by atoms with E-state index < -0.39 is 11.2 Å². The average Bonchev–Trinajstić information content (AvgIpc) is 3.06. The highest BCUT2D eigenvalue weighted by molar-refractivity contribution is 6.07. The standard InChI is InChI=1S/C21H22N4O3/c1-21(2)12-8-7-11(13(21)9-12)10-22-25-19(26)18-17(24-20(25)27)16-14(23-18)5-4-6-15(16)28-3/h4-7,10,12-13,23H,8-9H2,1-3H3,(H,24,27)/b22-10-/t12-,13-/m1/s1. The predicted octanol–water partition coefficient (Wildman–Crippen LogP) is 3.01. The number of ether oxygens (including phenoxy) is 1. The molecule has 28 heavy (non-hydrogen) atoms. The minimum absolute atomic E-state index is 0.255. The molecular weight excluding hydrogens is 356 g/mol. The molecule has 1 aromatic carbocycles. The van der Waals surface area contributed by atoms with Crippen LogP contribution in [-0.4, -0.2) is 28.0 Å². The highest BCUT2D eigenvalue weighted by Crippen LogP contribution is 2.58. The van der Waals surface area contributed by atoms with Crippen LogP contribution in [0.3, 0.4) is 0 Å². The Bertz CT molecular complexity index is 1290. The number of nitrogens with zero attached hydrogens (tertiary/aromatic N) is 2. The van der Waals surface area contributed by atoms with Crippen LogP contribution in [0.25, 0.3) is 21.9 Å². The van der Waals surface area contributed by atoms with Crippen LogP contribution in [0.4, 0.5) is 0 Å². The predicted molar refractivity (Wildman–Crippen MR) is 109 cm³/mol. The summed E-state index contributed by atoms with van der Waals surface area (Å²) in [6.07, 6.45) is 6.03. The van der Waals surface area contributed by atoms with E-state index in [1.165, 1.54) is 0 Å². The third-order valence-corrected chi connectivity index (χ3v) is 6.67. The largest absolute Gasteiger partial charge is 0.496 e. The normalized spacial score (nSPS) is 23.2. The van der Waals surface area contributed by atoms with Crippen LogP contribution in [0.15, 0.2) is 44.5 Å². The summed E-state index contributed by atoms with van der Waals surface area (Å²) < 4.78 is 6.27. The number of nitrogens with one attached hydrogen (secondary N) is 2. The van der Waals surface area contributed by atoms with E-state index in [0.717, 1.165) is 34.5 Å². The Labute approximate surface area is 160 Å². The summed E-state index contributed by atoms with van der Waals surface area (Å²) in [5.41, 5.74) is 1.79. The lowest BCUT2D eigenvalue weighted by Crippen LogP contribution is -2.48. The monoisotopic (exact) mass is 378 g/mol. The van der Waals surface area contributed by atoms with Gasteiger partial charge in [0.25, 0.3) is 0 Å². The number of aromatic nitrogens is 3. The molecular formula is C21H22N4O3. The quantitative estimate of drug-likeness (QED) is 0.686. The van der Waals surface area contributed by atoms with E-state index in [9.17, 15) is 9.59 Å².